The number of anilines is 1. The Labute approximate surface area is 170 Å². The van der Waals surface area contributed by atoms with E-state index in [2.05, 4.69) is 44.8 Å². The van der Waals surface area contributed by atoms with Crippen LogP contribution in [0.1, 0.15) is 43.3 Å². The molecule has 150 valence electrons. The van der Waals surface area contributed by atoms with Gasteiger partial charge in [0.2, 0.25) is 11.8 Å². The Morgan fingerprint density at radius 3 is 2.68 bits per heavy atom. The quantitative estimate of drug-likeness (QED) is 0.781. The van der Waals surface area contributed by atoms with E-state index in [4.69, 9.17) is 0 Å². The van der Waals surface area contributed by atoms with Crippen LogP contribution >= 0.6 is 11.3 Å². The summed E-state index contributed by atoms with van der Waals surface area (Å²) in [5.41, 5.74) is 1.95. The van der Waals surface area contributed by atoms with Crippen molar-refractivity contribution in [2.75, 3.05) is 18.4 Å². The van der Waals surface area contributed by atoms with Gasteiger partial charge < -0.3 is 10.6 Å². The highest BCUT2D eigenvalue weighted by Crippen LogP contribution is 2.29. The highest BCUT2D eigenvalue weighted by molar-refractivity contribution is 7.15. The van der Waals surface area contributed by atoms with Crippen LogP contribution in [-0.2, 0) is 29.1 Å². The number of nitrogens with one attached hydrogen (secondary N) is 2. The molecule has 2 N–H and O–H groups in total. The summed E-state index contributed by atoms with van der Waals surface area (Å²) in [6.45, 7) is 8.64. The molecule has 2 aromatic rings. The van der Waals surface area contributed by atoms with Crippen LogP contribution in [0.4, 0.5) is 5.13 Å². The summed E-state index contributed by atoms with van der Waals surface area (Å²) >= 11 is 1.55. The van der Waals surface area contributed by atoms with Crippen molar-refractivity contribution < 1.29 is 9.59 Å². The van der Waals surface area contributed by atoms with Crippen molar-refractivity contribution in [3.63, 3.8) is 0 Å². The maximum Gasteiger partial charge on any atom is 0.227 e. The van der Waals surface area contributed by atoms with Crippen LogP contribution < -0.4 is 10.6 Å². The molecule has 2 heterocycles. The zero-order valence-electron chi connectivity index (χ0n) is 16.7. The van der Waals surface area contributed by atoms with E-state index < -0.39 is 5.41 Å². The van der Waals surface area contributed by atoms with E-state index in [1.807, 2.05) is 26.8 Å². The molecule has 28 heavy (non-hydrogen) atoms. The lowest BCUT2D eigenvalue weighted by Crippen LogP contribution is -2.36. The van der Waals surface area contributed by atoms with E-state index in [0.29, 0.717) is 11.7 Å². The number of amides is 2. The van der Waals surface area contributed by atoms with Crippen LogP contribution in [0.25, 0.3) is 0 Å². The fourth-order valence-corrected chi connectivity index (χ4v) is 4.08. The molecule has 6 nitrogen and oxygen atoms in total. The van der Waals surface area contributed by atoms with Gasteiger partial charge in [0.1, 0.15) is 0 Å². The first-order valence-corrected chi connectivity index (χ1v) is 10.5. The second-order valence-corrected chi connectivity index (χ2v) is 9.22. The van der Waals surface area contributed by atoms with Crippen LogP contribution in [-0.4, -0.2) is 34.8 Å². The summed E-state index contributed by atoms with van der Waals surface area (Å²) in [7, 11) is 0. The highest BCUT2D eigenvalue weighted by Gasteiger charge is 2.22. The molecule has 0 spiro atoms. The van der Waals surface area contributed by atoms with Gasteiger partial charge in [-0.3, -0.25) is 14.5 Å². The monoisotopic (exact) mass is 400 g/mol. The third kappa shape index (κ3) is 5.62. The van der Waals surface area contributed by atoms with Crippen LogP contribution in [0, 0.1) is 5.41 Å². The first-order chi connectivity index (χ1) is 13.3. The first-order valence-electron chi connectivity index (χ1n) is 9.64. The van der Waals surface area contributed by atoms with Crippen LogP contribution in [0.3, 0.4) is 0 Å². The second kappa shape index (κ2) is 8.84. The third-order valence-electron chi connectivity index (χ3n) is 4.62. The van der Waals surface area contributed by atoms with Gasteiger partial charge in [0.05, 0.1) is 5.69 Å². The number of hydrogen-bond donors (Lipinski definition) is 2. The van der Waals surface area contributed by atoms with Gasteiger partial charge in [-0.25, -0.2) is 4.98 Å². The molecule has 0 bridgehead atoms. The molecule has 0 unspecified atom stereocenters. The summed E-state index contributed by atoms with van der Waals surface area (Å²) < 4.78 is 0. The normalized spacial score (nSPS) is 14.4. The minimum atomic E-state index is -0.448. The molecule has 7 heteroatoms. The maximum atomic E-state index is 12.2. The van der Waals surface area contributed by atoms with Crippen molar-refractivity contribution in [1.82, 2.24) is 15.2 Å². The maximum absolute atomic E-state index is 12.2. The van der Waals surface area contributed by atoms with Gasteiger partial charge in [0.15, 0.2) is 5.13 Å². The molecule has 1 aromatic heterocycles. The van der Waals surface area contributed by atoms with E-state index in [1.54, 1.807) is 11.3 Å². The summed E-state index contributed by atoms with van der Waals surface area (Å²) in [6, 6.07) is 10.5. The van der Waals surface area contributed by atoms with Gasteiger partial charge in [-0.1, -0.05) is 51.1 Å². The molecule has 0 atom stereocenters. The van der Waals surface area contributed by atoms with Gasteiger partial charge >= 0.3 is 0 Å². The summed E-state index contributed by atoms with van der Waals surface area (Å²) in [5.74, 6) is -0.176. The fraction of sp³-hybridized carbons (Fsp3) is 0.476. The minimum absolute atomic E-state index is 0.0523. The first kappa shape index (κ1) is 20.5. The second-order valence-electron chi connectivity index (χ2n) is 8.14. The van der Waals surface area contributed by atoms with Crippen molar-refractivity contribution in [3.05, 3.63) is 46.5 Å². The van der Waals surface area contributed by atoms with Gasteiger partial charge in [-0.05, 0) is 5.56 Å². The van der Waals surface area contributed by atoms with E-state index in [1.165, 1.54) is 10.4 Å². The van der Waals surface area contributed by atoms with Crippen molar-refractivity contribution in [2.45, 2.75) is 46.7 Å². The average molecular weight is 401 g/mol. The number of hydrogen-bond acceptors (Lipinski definition) is 5. The Kier molecular flexibility index (Phi) is 6.46. The lowest BCUT2D eigenvalue weighted by molar-refractivity contribution is -0.128. The number of nitrogens with zero attached hydrogens (tertiary/aromatic N) is 2. The largest absolute Gasteiger partial charge is 0.355 e. The Hall–Kier alpha value is -2.25. The molecule has 0 saturated carbocycles. The van der Waals surface area contributed by atoms with Crippen LogP contribution in [0.5, 0.6) is 0 Å². The van der Waals surface area contributed by atoms with Crippen molar-refractivity contribution in [1.29, 1.82) is 0 Å². The van der Waals surface area contributed by atoms with Gasteiger partial charge in [0.25, 0.3) is 0 Å². The molecular formula is C21H28N4O2S. The molecule has 1 aliphatic heterocycles. The molecular weight excluding hydrogens is 372 g/mol. The van der Waals surface area contributed by atoms with Gasteiger partial charge in [-0.15, -0.1) is 11.3 Å². The third-order valence-corrected chi connectivity index (χ3v) is 5.62. The lowest BCUT2D eigenvalue weighted by Gasteiger charge is -2.25. The SMILES string of the molecule is CC(C)(C)C(=O)NCCC(=O)Nc1nc2c(s1)CN(Cc1ccccc1)CC2. The van der Waals surface area contributed by atoms with Crippen molar-refractivity contribution >= 4 is 28.3 Å². The number of rotatable bonds is 6. The number of aromatic nitrogens is 1. The Bertz CT molecular complexity index is 827. The molecule has 1 aliphatic rings. The topological polar surface area (TPSA) is 74.3 Å². The molecule has 0 saturated heterocycles. The average Bonchev–Trinajstić information content (AvgIpc) is 3.03. The number of thiazole rings is 1. The Morgan fingerprint density at radius 2 is 1.96 bits per heavy atom. The molecule has 3 rings (SSSR count). The smallest absolute Gasteiger partial charge is 0.227 e. The van der Waals surface area contributed by atoms with Gasteiger partial charge in [-0.2, -0.15) is 0 Å². The summed E-state index contributed by atoms with van der Waals surface area (Å²) in [6.07, 6.45) is 1.14. The molecule has 0 radical (unpaired) electrons. The van der Waals surface area contributed by atoms with E-state index in [9.17, 15) is 9.59 Å². The van der Waals surface area contributed by atoms with E-state index in [0.717, 1.165) is 31.7 Å². The van der Waals surface area contributed by atoms with Crippen molar-refractivity contribution in [2.24, 2.45) is 5.41 Å². The number of carbonyl (C=O) groups excluding carboxylic acids is 2. The number of carbonyl (C=O) groups is 2. The standard InChI is InChI=1S/C21H28N4O2S/c1-21(2,3)19(27)22-11-9-18(26)24-20-23-16-10-12-25(14-17(16)28-20)13-15-7-5-4-6-8-15/h4-8H,9-14H2,1-3H3,(H,22,27)(H,23,24,26). The zero-order valence-corrected chi connectivity index (χ0v) is 17.6. The van der Waals surface area contributed by atoms with Crippen LogP contribution in [0.15, 0.2) is 30.3 Å². The highest BCUT2D eigenvalue weighted by atomic mass is 32.1. The summed E-state index contributed by atoms with van der Waals surface area (Å²) in [5, 5.41) is 6.32. The minimum Gasteiger partial charge on any atom is -0.355 e. The van der Waals surface area contributed by atoms with Crippen LogP contribution in [0.2, 0.25) is 0 Å². The lowest BCUT2D eigenvalue weighted by atomic mass is 9.96. The van der Waals surface area contributed by atoms with Crippen molar-refractivity contribution in [3.8, 4) is 0 Å². The Balaban J connectivity index is 1.48. The fourth-order valence-electron chi connectivity index (χ4n) is 3.01. The predicted molar refractivity (Wildman–Crippen MR) is 112 cm³/mol. The predicted octanol–water partition coefficient (Wildman–Crippen LogP) is 3.19. The van der Waals surface area contributed by atoms with Gasteiger partial charge in [0, 0.05) is 49.3 Å². The number of benzene rings is 1. The summed E-state index contributed by atoms with van der Waals surface area (Å²) in [4.78, 5) is 32.2. The van der Waals surface area contributed by atoms with E-state index >= 15 is 0 Å². The Morgan fingerprint density at radius 1 is 1.21 bits per heavy atom. The molecule has 0 aliphatic carbocycles. The molecule has 0 fully saturated rings. The molecule has 1 aromatic carbocycles. The number of fused-ring (bicyclic) bond motifs is 1. The van der Waals surface area contributed by atoms with E-state index in [-0.39, 0.29) is 18.2 Å². The molecule has 2 amide bonds. The zero-order chi connectivity index (χ0) is 20.1.